The molecular formula is C19H29N3O4S. The molecule has 2 bridgehead atoms. The summed E-state index contributed by atoms with van der Waals surface area (Å²) in [6.45, 7) is -0.0357. The number of amides is 3. The van der Waals surface area contributed by atoms with E-state index in [0.717, 1.165) is 38.5 Å². The smallest absolute Gasteiger partial charge is 0.244 e. The third kappa shape index (κ3) is 2.87. The minimum atomic E-state index is -0.589. The summed E-state index contributed by atoms with van der Waals surface area (Å²) in [5.41, 5.74) is 0. The SMILES string of the molecule is CNC(=O)[C@@H]1[C@@H]2CCC3(S2)C(C(=O)NC2CCCCC2)N(CCO)C(=O)[C@H]13. The number of hydrogen-bond donors (Lipinski definition) is 3. The summed E-state index contributed by atoms with van der Waals surface area (Å²) >= 11 is 1.67. The van der Waals surface area contributed by atoms with Gasteiger partial charge in [0.15, 0.2) is 0 Å². The zero-order chi connectivity index (χ0) is 19.2. The van der Waals surface area contributed by atoms with Gasteiger partial charge >= 0.3 is 0 Å². The molecular weight excluding hydrogens is 366 g/mol. The summed E-state index contributed by atoms with van der Waals surface area (Å²) in [4.78, 5) is 40.6. The van der Waals surface area contributed by atoms with Crippen molar-refractivity contribution in [3.63, 3.8) is 0 Å². The Morgan fingerprint density at radius 3 is 2.63 bits per heavy atom. The molecule has 5 atom stereocenters. The van der Waals surface area contributed by atoms with Crippen LogP contribution in [0.1, 0.15) is 44.9 Å². The Morgan fingerprint density at radius 1 is 1.22 bits per heavy atom. The Labute approximate surface area is 164 Å². The van der Waals surface area contributed by atoms with Crippen molar-refractivity contribution in [2.75, 3.05) is 20.2 Å². The van der Waals surface area contributed by atoms with Gasteiger partial charge in [-0.1, -0.05) is 19.3 Å². The molecule has 3 amide bonds. The number of thioether (sulfide) groups is 1. The molecule has 27 heavy (non-hydrogen) atoms. The van der Waals surface area contributed by atoms with Crippen LogP contribution < -0.4 is 10.6 Å². The van der Waals surface area contributed by atoms with Crippen molar-refractivity contribution >= 4 is 29.5 Å². The van der Waals surface area contributed by atoms with Crippen molar-refractivity contribution < 1.29 is 19.5 Å². The van der Waals surface area contributed by atoms with E-state index in [4.69, 9.17) is 0 Å². The number of aliphatic hydroxyl groups excluding tert-OH is 1. The number of hydrogen-bond acceptors (Lipinski definition) is 5. The fourth-order valence-corrected chi connectivity index (χ4v) is 8.02. The van der Waals surface area contributed by atoms with Gasteiger partial charge in [-0.25, -0.2) is 0 Å². The van der Waals surface area contributed by atoms with Gasteiger partial charge in [-0.05, 0) is 25.7 Å². The molecule has 3 saturated heterocycles. The Balaban J connectivity index is 1.63. The van der Waals surface area contributed by atoms with Crippen molar-refractivity contribution in [3.8, 4) is 0 Å². The summed E-state index contributed by atoms with van der Waals surface area (Å²) in [6, 6.07) is -0.417. The van der Waals surface area contributed by atoms with E-state index in [0.29, 0.717) is 0 Å². The van der Waals surface area contributed by atoms with Gasteiger partial charge in [0.1, 0.15) is 6.04 Å². The summed E-state index contributed by atoms with van der Waals surface area (Å²) in [6.07, 6.45) is 7.06. The molecule has 0 aromatic carbocycles. The first-order chi connectivity index (χ1) is 13.0. The van der Waals surface area contributed by atoms with Gasteiger partial charge in [-0.15, -0.1) is 11.8 Å². The summed E-state index contributed by atoms with van der Waals surface area (Å²) < 4.78 is -0.535. The second-order valence-electron chi connectivity index (χ2n) is 8.27. The van der Waals surface area contributed by atoms with Crippen molar-refractivity contribution in [1.82, 2.24) is 15.5 Å². The largest absolute Gasteiger partial charge is 0.395 e. The van der Waals surface area contributed by atoms with Crippen molar-refractivity contribution in [3.05, 3.63) is 0 Å². The van der Waals surface area contributed by atoms with Crippen LogP contribution in [0.25, 0.3) is 0 Å². The number of nitrogens with zero attached hydrogens (tertiary/aromatic N) is 1. The van der Waals surface area contributed by atoms with Crippen LogP contribution in [0, 0.1) is 11.8 Å². The molecule has 1 saturated carbocycles. The Kier molecular flexibility index (Phi) is 5.14. The average molecular weight is 396 g/mol. The normalized spacial score (nSPS) is 38.1. The maximum atomic E-state index is 13.3. The number of fused-ring (bicyclic) bond motifs is 1. The molecule has 2 unspecified atom stereocenters. The monoisotopic (exact) mass is 395 g/mol. The van der Waals surface area contributed by atoms with E-state index < -0.39 is 16.7 Å². The van der Waals surface area contributed by atoms with Crippen LogP contribution in [0.3, 0.4) is 0 Å². The van der Waals surface area contributed by atoms with Crippen LogP contribution in [0.15, 0.2) is 0 Å². The van der Waals surface area contributed by atoms with E-state index in [-0.39, 0.29) is 48.1 Å². The standard InChI is InChI=1S/C19H29N3O4S/c1-20-16(24)13-12-7-8-19(27-12)14(13)18(26)22(9-10-23)15(19)17(25)21-11-5-3-2-4-6-11/h11-15,23H,2-10H2,1H3,(H,20,24)(H,21,25)/t12-,13+,14-,15?,19?/m0/s1. The van der Waals surface area contributed by atoms with Crippen LogP contribution in [0.4, 0.5) is 0 Å². The fourth-order valence-electron chi connectivity index (χ4n) is 5.80. The van der Waals surface area contributed by atoms with Crippen molar-refractivity contribution in [2.24, 2.45) is 11.8 Å². The number of nitrogens with one attached hydrogen (secondary N) is 2. The Hall–Kier alpha value is -1.28. The quantitative estimate of drug-likeness (QED) is 0.620. The van der Waals surface area contributed by atoms with Crippen LogP contribution in [-0.2, 0) is 14.4 Å². The molecule has 7 nitrogen and oxygen atoms in total. The maximum Gasteiger partial charge on any atom is 0.244 e. The Morgan fingerprint density at radius 2 is 1.96 bits per heavy atom. The zero-order valence-corrected chi connectivity index (χ0v) is 16.6. The molecule has 0 aromatic heterocycles. The summed E-state index contributed by atoms with van der Waals surface area (Å²) in [5.74, 6) is -1.19. The minimum absolute atomic E-state index is 0.0974. The summed E-state index contributed by atoms with van der Waals surface area (Å²) in [5, 5.41) is 15.5. The second-order valence-corrected chi connectivity index (χ2v) is 9.87. The van der Waals surface area contributed by atoms with Gasteiger partial charge in [0.25, 0.3) is 0 Å². The molecule has 3 heterocycles. The topological polar surface area (TPSA) is 98.7 Å². The van der Waals surface area contributed by atoms with Gasteiger partial charge in [0, 0.05) is 24.9 Å². The van der Waals surface area contributed by atoms with E-state index in [1.54, 1.807) is 23.7 Å². The molecule has 0 aromatic rings. The zero-order valence-electron chi connectivity index (χ0n) is 15.8. The highest BCUT2D eigenvalue weighted by molar-refractivity contribution is 8.02. The minimum Gasteiger partial charge on any atom is -0.395 e. The molecule has 4 aliphatic rings. The van der Waals surface area contributed by atoms with E-state index in [9.17, 15) is 19.5 Å². The van der Waals surface area contributed by atoms with E-state index in [1.807, 2.05) is 0 Å². The first-order valence-electron chi connectivity index (χ1n) is 10.1. The fraction of sp³-hybridized carbons (Fsp3) is 0.842. The van der Waals surface area contributed by atoms with Crippen LogP contribution in [0.2, 0.25) is 0 Å². The molecule has 3 N–H and O–H groups in total. The molecule has 1 aliphatic carbocycles. The molecule has 150 valence electrons. The van der Waals surface area contributed by atoms with Gasteiger partial charge in [0.2, 0.25) is 17.7 Å². The lowest BCUT2D eigenvalue weighted by molar-refractivity contribution is -0.140. The third-order valence-electron chi connectivity index (χ3n) is 6.89. The van der Waals surface area contributed by atoms with Crippen molar-refractivity contribution in [1.29, 1.82) is 0 Å². The number of carbonyl (C=O) groups excluding carboxylic acids is 3. The van der Waals surface area contributed by atoms with Crippen molar-refractivity contribution in [2.45, 2.75) is 67.0 Å². The van der Waals surface area contributed by atoms with Crippen LogP contribution in [0.5, 0.6) is 0 Å². The first kappa shape index (κ1) is 19.1. The molecule has 3 aliphatic heterocycles. The predicted molar refractivity (Wildman–Crippen MR) is 102 cm³/mol. The number of rotatable bonds is 5. The maximum absolute atomic E-state index is 13.3. The highest BCUT2D eigenvalue weighted by atomic mass is 32.2. The second kappa shape index (κ2) is 7.28. The van der Waals surface area contributed by atoms with Gasteiger partial charge in [0.05, 0.1) is 23.2 Å². The number of β-amino-alcohol motifs (C(OH)–C–C–N with tert-alkyl or cyclic N) is 1. The molecule has 1 spiro atoms. The molecule has 4 fully saturated rings. The van der Waals surface area contributed by atoms with E-state index >= 15 is 0 Å². The van der Waals surface area contributed by atoms with Gasteiger partial charge in [-0.2, -0.15) is 0 Å². The van der Waals surface area contributed by atoms with Crippen LogP contribution >= 0.6 is 11.8 Å². The number of likely N-dealkylation sites (tertiary alicyclic amines) is 1. The molecule has 8 heteroatoms. The highest BCUT2D eigenvalue weighted by Crippen LogP contribution is 2.66. The first-order valence-corrected chi connectivity index (χ1v) is 11.0. The van der Waals surface area contributed by atoms with Gasteiger partial charge < -0.3 is 20.6 Å². The lowest BCUT2D eigenvalue weighted by Gasteiger charge is -2.35. The average Bonchev–Trinajstić information content (AvgIpc) is 3.30. The lowest BCUT2D eigenvalue weighted by atomic mass is 9.70. The summed E-state index contributed by atoms with van der Waals surface area (Å²) in [7, 11) is 1.60. The van der Waals surface area contributed by atoms with Crippen LogP contribution in [-0.4, -0.2) is 70.0 Å². The Bertz CT molecular complexity index is 638. The number of carbonyl (C=O) groups is 3. The predicted octanol–water partition coefficient (Wildman–Crippen LogP) is 0.265. The van der Waals surface area contributed by atoms with E-state index in [2.05, 4.69) is 10.6 Å². The number of aliphatic hydroxyl groups is 1. The third-order valence-corrected chi connectivity index (χ3v) is 8.84. The highest BCUT2D eigenvalue weighted by Gasteiger charge is 2.73. The molecule has 4 rings (SSSR count). The molecule has 0 radical (unpaired) electrons. The van der Waals surface area contributed by atoms with E-state index in [1.165, 1.54) is 6.42 Å². The van der Waals surface area contributed by atoms with Gasteiger partial charge in [-0.3, -0.25) is 14.4 Å². The lowest BCUT2D eigenvalue weighted by Crippen LogP contribution is -2.56.